The Morgan fingerprint density at radius 2 is 2.21 bits per heavy atom. The van der Waals surface area contributed by atoms with Crippen LogP contribution in [0.1, 0.15) is 5.56 Å². The lowest BCUT2D eigenvalue weighted by Crippen LogP contribution is -1.94. The second-order valence-corrected chi connectivity index (χ2v) is 3.51. The van der Waals surface area contributed by atoms with Gasteiger partial charge in [0.25, 0.3) is 0 Å². The number of halogens is 1. The molecule has 2 rings (SSSR count). The lowest BCUT2D eigenvalue weighted by molar-refractivity contribution is 0.475. The normalized spacial score (nSPS) is 10.4. The molecule has 14 heavy (non-hydrogen) atoms. The van der Waals surface area contributed by atoms with Gasteiger partial charge < -0.3 is 5.11 Å². The molecule has 0 saturated carbocycles. The summed E-state index contributed by atoms with van der Waals surface area (Å²) >= 11 is 5.95. The molecule has 1 aromatic heterocycles. The highest BCUT2D eigenvalue weighted by atomic mass is 35.5. The molecule has 2 aromatic rings. The molecule has 1 aromatic carbocycles. The number of nitrogens with zero attached hydrogens (tertiary/aromatic N) is 2. The zero-order chi connectivity index (χ0) is 10.1. The van der Waals surface area contributed by atoms with Gasteiger partial charge in [-0.15, -0.1) is 0 Å². The molecule has 3 nitrogen and oxygen atoms in total. The Hall–Kier alpha value is -1.48. The van der Waals surface area contributed by atoms with E-state index in [1.54, 1.807) is 23.0 Å². The van der Waals surface area contributed by atoms with Crippen LogP contribution in [0.4, 0.5) is 0 Å². The maximum absolute atomic E-state index is 9.18. The summed E-state index contributed by atoms with van der Waals surface area (Å²) in [6.45, 7) is 1.96. The van der Waals surface area contributed by atoms with Crippen LogP contribution in [0.2, 0.25) is 5.02 Å². The maximum Gasteiger partial charge on any atom is 0.117 e. The summed E-state index contributed by atoms with van der Waals surface area (Å²) in [7, 11) is 0. The number of rotatable bonds is 1. The van der Waals surface area contributed by atoms with Crippen LogP contribution in [0.25, 0.3) is 5.69 Å². The highest BCUT2D eigenvalue weighted by molar-refractivity contribution is 6.32. The van der Waals surface area contributed by atoms with Crippen molar-refractivity contribution in [2.45, 2.75) is 6.92 Å². The fourth-order valence-corrected chi connectivity index (χ4v) is 1.49. The molecular formula is C10H9ClN2O. The highest BCUT2D eigenvalue weighted by Crippen LogP contribution is 2.24. The molecule has 0 fully saturated rings. The van der Waals surface area contributed by atoms with Crippen molar-refractivity contribution in [1.29, 1.82) is 0 Å². The molecule has 0 radical (unpaired) electrons. The molecule has 1 heterocycles. The summed E-state index contributed by atoms with van der Waals surface area (Å²) in [5.41, 5.74) is 1.83. The third-order valence-corrected chi connectivity index (χ3v) is 2.19. The van der Waals surface area contributed by atoms with E-state index in [1.807, 2.05) is 13.1 Å². The summed E-state index contributed by atoms with van der Waals surface area (Å²) < 4.78 is 1.68. The van der Waals surface area contributed by atoms with Gasteiger partial charge in [0.15, 0.2) is 0 Å². The average Bonchev–Trinajstić information content (AvgIpc) is 2.51. The fraction of sp³-hybridized carbons (Fsp3) is 0.100. The van der Waals surface area contributed by atoms with Gasteiger partial charge in [0, 0.05) is 12.3 Å². The van der Waals surface area contributed by atoms with Crippen LogP contribution in [0.3, 0.4) is 0 Å². The van der Waals surface area contributed by atoms with Gasteiger partial charge in [-0.2, -0.15) is 5.10 Å². The summed E-state index contributed by atoms with van der Waals surface area (Å²) in [5, 5.41) is 13.8. The molecule has 0 amide bonds. The van der Waals surface area contributed by atoms with E-state index in [1.165, 1.54) is 6.07 Å². The first-order chi connectivity index (χ1) is 6.66. The van der Waals surface area contributed by atoms with E-state index in [4.69, 9.17) is 11.6 Å². The molecule has 0 saturated heterocycles. The monoisotopic (exact) mass is 208 g/mol. The minimum atomic E-state index is 0.155. The van der Waals surface area contributed by atoms with Crippen LogP contribution >= 0.6 is 11.6 Å². The number of hydrogen-bond donors (Lipinski definition) is 1. The second-order valence-electron chi connectivity index (χ2n) is 3.10. The van der Waals surface area contributed by atoms with Crippen LogP contribution < -0.4 is 0 Å². The van der Waals surface area contributed by atoms with Gasteiger partial charge in [-0.25, -0.2) is 4.68 Å². The maximum atomic E-state index is 9.18. The zero-order valence-electron chi connectivity index (χ0n) is 7.61. The standard InChI is InChI=1S/C10H9ClN2O/c1-7-5-12-13(6-7)10-3-2-8(14)4-9(10)11/h2-6,14H,1H3. The smallest absolute Gasteiger partial charge is 0.117 e. The fourth-order valence-electron chi connectivity index (χ4n) is 1.23. The SMILES string of the molecule is Cc1cnn(-c2ccc(O)cc2Cl)c1. The van der Waals surface area contributed by atoms with E-state index in [9.17, 15) is 5.11 Å². The Bertz CT molecular complexity index is 465. The first-order valence-electron chi connectivity index (χ1n) is 4.17. The number of aromatic nitrogens is 2. The van der Waals surface area contributed by atoms with Crippen molar-refractivity contribution in [3.05, 3.63) is 41.2 Å². The van der Waals surface area contributed by atoms with Crippen molar-refractivity contribution in [3.8, 4) is 11.4 Å². The Labute approximate surface area is 86.6 Å². The molecule has 0 aliphatic carbocycles. The number of benzene rings is 1. The van der Waals surface area contributed by atoms with Crippen molar-refractivity contribution < 1.29 is 5.11 Å². The van der Waals surface area contributed by atoms with E-state index >= 15 is 0 Å². The largest absolute Gasteiger partial charge is 0.508 e. The van der Waals surface area contributed by atoms with Gasteiger partial charge in [0.05, 0.1) is 16.9 Å². The lowest BCUT2D eigenvalue weighted by Gasteiger charge is -2.03. The number of aromatic hydroxyl groups is 1. The van der Waals surface area contributed by atoms with Gasteiger partial charge in [-0.3, -0.25) is 0 Å². The lowest BCUT2D eigenvalue weighted by atomic mass is 10.3. The first kappa shape index (κ1) is 9.09. The number of phenolic OH excluding ortho intramolecular Hbond substituents is 1. The van der Waals surface area contributed by atoms with E-state index in [2.05, 4.69) is 5.10 Å². The third-order valence-electron chi connectivity index (χ3n) is 1.89. The van der Waals surface area contributed by atoms with Gasteiger partial charge >= 0.3 is 0 Å². The number of phenols is 1. The molecular weight excluding hydrogens is 200 g/mol. The molecule has 0 atom stereocenters. The van der Waals surface area contributed by atoms with Gasteiger partial charge in [-0.05, 0) is 24.6 Å². The highest BCUT2D eigenvalue weighted by Gasteiger charge is 2.04. The summed E-state index contributed by atoms with van der Waals surface area (Å²) in [4.78, 5) is 0. The third kappa shape index (κ3) is 1.59. The molecule has 0 aliphatic rings. The molecule has 0 bridgehead atoms. The predicted molar refractivity (Wildman–Crippen MR) is 55.0 cm³/mol. The average molecular weight is 209 g/mol. The first-order valence-corrected chi connectivity index (χ1v) is 4.55. The van der Waals surface area contributed by atoms with E-state index in [0.29, 0.717) is 5.02 Å². The summed E-state index contributed by atoms with van der Waals surface area (Å²) in [6, 6.07) is 4.80. The Kier molecular flexibility index (Phi) is 2.17. The van der Waals surface area contributed by atoms with Gasteiger partial charge in [-0.1, -0.05) is 11.6 Å². The second kappa shape index (κ2) is 3.35. The molecule has 0 unspecified atom stereocenters. The molecule has 1 N–H and O–H groups in total. The van der Waals surface area contributed by atoms with Gasteiger partial charge in [0.2, 0.25) is 0 Å². The number of aryl methyl sites for hydroxylation is 1. The quantitative estimate of drug-likeness (QED) is 0.782. The summed E-state index contributed by atoms with van der Waals surface area (Å²) in [5.74, 6) is 0.155. The van der Waals surface area contributed by atoms with Crippen LogP contribution in [0, 0.1) is 6.92 Å². The van der Waals surface area contributed by atoms with Crippen molar-refractivity contribution in [1.82, 2.24) is 9.78 Å². The van der Waals surface area contributed by atoms with E-state index < -0.39 is 0 Å². The number of hydrogen-bond acceptors (Lipinski definition) is 2. The van der Waals surface area contributed by atoms with Crippen molar-refractivity contribution in [2.75, 3.05) is 0 Å². The Morgan fingerprint density at radius 1 is 1.43 bits per heavy atom. The van der Waals surface area contributed by atoms with Crippen LogP contribution in [-0.4, -0.2) is 14.9 Å². The van der Waals surface area contributed by atoms with Crippen LogP contribution in [-0.2, 0) is 0 Å². The topological polar surface area (TPSA) is 38.0 Å². The van der Waals surface area contributed by atoms with Crippen molar-refractivity contribution in [3.63, 3.8) is 0 Å². The Morgan fingerprint density at radius 3 is 2.79 bits per heavy atom. The predicted octanol–water partition coefficient (Wildman–Crippen LogP) is 2.54. The molecule has 72 valence electrons. The summed E-state index contributed by atoms with van der Waals surface area (Å²) in [6.07, 6.45) is 3.63. The minimum Gasteiger partial charge on any atom is -0.508 e. The Balaban J connectivity index is 2.52. The van der Waals surface area contributed by atoms with Gasteiger partial charge in [0.1, 0.15) is 5.75 Å². The minimum absolute atomic E-state index is 0.155. The van der Waals surface area contributed by atoms with Crippen LogP contribution in [0.15, 0.2) is 30.6 Å². The zero-order valence-corrected chi connectivity index (χ0v) is 8.36. The molecule has 0 aliphatic heterocycles. The van der Waals surface area contributed by atoms with E-state index in [0.717, 1.165) is 11.3 Å². The molecule has 4 heteroatoms. The van der Waals surface area contributed by atoms with E-state index in [-0.39, 0.29) is 5.75 Å². The van der Waals surface area contributed by atoms with Crippen molar-refractivity contribution >= 4 is 11.6 Å². The van der Waals surface area contributed by atoms with Crippen molar-refractivity contribution in [2.24, 2.45) is 0 Å². The molecule has 0 spiro atoms. The van der Waals surface area contributed by atoms with Crippen LogP contribution in [0.5, 0.6) is 5.75 Å².